The van der Waals surface area contributed by atoms with Crippen LogP contribution in [0.1, 0.15) is 10.4 Å². The van der Waals surface area contributed by atoms with Gasteiger partial charge in [-0.25, -0.2) is 0 Å². The van der Waals surface area contributed by atoms with Crippen molar-refractivity contribution < 1.29 is 24.0 Å². The number of hydrogen-bond acceptors (Lipinski definition) is 5. The summed E-state index contributed by atoms with van der Waals surface area (Å²) < 4.78 is 5.57. The molecule has 2 atom stereocenters. The van der Waals surface area contributed by atoms with Gasteiger partial charge in [0.25, 0.3) is 5.78 Å². The molecule has 8 heteroatoms. The van der Waals surface area contributed by atoms with E-state index in [-0.39, 0.29) is 11.2 Å². The number of thioether (sulfide) groups is 1. The van der Waals surface area contributed by atoms with Crippen LogP contribution in [0.5, 0.6) is 0 Å². The normalized spacial score (nSPS) is 23.8. The molecule has 1 fully saturated rings. The average molecular weight is 400 g/mol. The minimum absolute atomic E-state index is 0.221. The molecular formula is C15H16BrN2O4S+. The Labute approximate surface area is 146 Å². The van der Waals surface area contributed by atoms with Crippen LogP contribution < -0.4 is 9.80 Å². The number of Topliss-reactive ketones (excluding diaryl/α,β-unsaturated/α-hetero) is 1. The maximum absolute atomic E-state index is 12.3. The summed E-state index contributed by atoms with van der Waals surface area (Å²) in [5, 5.41) is -0.221. The van der Waals surface area contributed by atoms with Gasteiger partial charge >= 0.3 is 11.9 Å². The molecule has 1 amide bonds. The highest BCUT2D eigenvalue weighted by atomic mass is 79.9. The number of anilines is 1. The number of carbonyl (C=O) groups is 3. The Balaban J connectivity index is 1.77. The van der Waals surface area contributed by atoms with Crippen LogP contribution in [-0.4, -0.2) is 55.5 Å². The highest BCUT2D eigenvalue weighted by Gasteiger charge is 2.39. The molecule has 0 spiro atoms. The summed E-state index contributed by atoms with van der Waals surface area (Å²) in [6.45, 7) is 1.80. The number of fused-ring (bicyclic) bond motifs is 1. The van der Waals surface area contributed by atoms with E-state index < -0.39 is 11.7 Å². The summed E-state index contributed by atoms with van der Waals surface area (Å²) in [5.41, 5.74) is 1.07. The quantitative estimate of drug-likeness (QED) is 0.577. The third kappa shape index (κ3) is 3.15. The number of hydrogen-bond donors (Lipinski definition) is 1. The molecule has 1 aromatic rings. The summed E-state index contributed by atoms with van der Waals surface area (Å²) in [7, 11) is 1.38. The third-order valence-corrected chi connectivity index (χ3v) is 5.72. The van der Waals surface area contributed by atoms with E-state index in [2.05, 4.69) is 15.9 Å². The van der Waals surface area contributed by atoms with Gasteiger partial charge in [0.2, 0.25) is 0 Å². The van der Waals surface area contributed by atoms with E-state index in [0.717, 1.165) is 21.7 Å². The number of amides is 1. The molecule has 2 aliphatic heterocycles. The van der Waals surface area contributed by atoms with Gasteiger partial charge in [-0.1, -0.05) is 15.9 Å². The number of rotatable bonds is 3. The maximum atomic E-state index is 12.3. The van der Waals surface area contributed by atoms with Crippen molar-refractivity contribution in [3.05, 3.63) is 28.2 Å². The van der Waals surface area contributed by atoms with Gasteiger partial charge in [0.1, 0.15) is 6.54 Å². The zero-order chi connectivity index (χ0) is 16.6. The Hall–Kier alpha value is -1.38. The summed E-state index contributed by atoms with van der Waals surface area (Å²) in [4.78, 5) is 38.7. The lowest BCUT2D eigenvalue weighted by Crippen LogP contribution is -3.16. The fourth-order valence-electron chi connectivity index (χ4n) is 2.85. The predicted molar refractivity (Wildman–Crippen MR) is 89.8 cm³/mol. The van der Waals surface area contributed by atoms with Crippen LogP contribution in [-0.2, 0) is 14.3 Å². The molecule has 0 radical (unpaired) electrons. The number of carbonyl (C=O) groups excluding carboxylic acids is 3. The molecular weight excluding hydrogens is 384 g/mol. The van der Waals surface area contributed by atoms with Crippen molar-refractivity contribution in [2.45, 2.75) is 5.25 Å². The van der Waals surface area contributed by atoms with E-state index >= 15 is 0 Å². The second kappa shape index (κ2) is 6.62. The fourth-order valence-corrected chi connectivity index (χ4v) is 4.49. The summed E-state index contributed by atoms with van der Waals surface area (Å²) >= 11 is 4.90. The lowest BCUT2D eigenvalue weighted by atomic mass is 10.1. The first kappa shape index (κ1) is 16.5. The van der Waals surface area contributed by atoms with Gasteiger partial charge in [-0.15, -0.1) is 11.8 Å². The number of esters is 1. The minimum Gasteiger partial charge on any atom is -0.468 e. The predicted octanol–water partition coefficient (Wildman–Crippen LogP) is 0.109. The fraction of sp³-hybridized carbons (Fsp3) is 0.400. The molecule has 0 aliphatic carbocycles. The van der Waals surface area contributed by atoms with Crippen molar-refractivity contribution in [2.75, 3.05) is 37.5 Å². The van der Waals surface area contributed by atoms with E-state index in [0.29, 0.717) is 24.5 Å². The van der Waals surface area contributed by atoms with E-state index in [1.165, 1.54) is 12.0 Å². The van der Waals surface area contributed by atoms with Gasteiger partial charge in [0.05, 0.1) is 24.9 Å². The van der Waals surface area contributed by atoms with E-state index in [1.54, 1.807) is 23.9 Å². The van der Waals surface area contributed by atoms with Crippen molar-refractivity contribution >= 4 is 51.0 Å². The van der Waals surface area contributed by atoms with Crippen LogP contribution in [0.4, 0.5) is 5.69 Å². The highest BCUT2D eigenvalue weighted by molar-refractivity contribution is 9.10. The number of benzene rings is 1. The molecule has 122 valence electrons. The van der Waals surface area contributed by atoms with Gasteiger partial charge in [-0.05, 0) is 18.2 Å². The van der Waals surface area contributed by atoms with Crippen LogP contribution >= 0.6 is 27.7 Å². The Morgan fingerprint density at radius 3 is 3.00 bits per heavy atom. The van der Waals surface area contributed by atoms with Crippen molar-refractivity contribution in [3.63, 3.8) is 0 Å². The molecule has 6 nitrogen and oxygen atoms in total. The topological polar surface area (TPSA) is 68.1 Å². The SMILES string of the molecule is COC(=O)[C@H]1C[NH+](CN2C(=O)C(=O)c3cc(Br)ccc32)CCS1. The maximum Gasteiger partial charge on any atom is 0.324 e. The zero-order valence-electron chi connectivity index (χ0n) is 12.5. The van der Waals surface area contributed by atoms with Gasteiger partial charge in [0.15, 0.2) is 11.9 Å². The Kier molecular flexibility index (Phi) is 4.74. The van der Waals surface area contributed by atoms with Crippen molar-refractivity contribution in [3.8, 4) is 0 Å². The highest BCUT2D eigenvalue weighted by Crippen LogP contribution is 2.30. The molecule has 1 aromatic carbocycles. The average Bonchev–Trinajstić information content (AvgIpc) is 2.79. The van der Waals surface area contributed by atoms with E-state index in [9.17, 15) is 14.4 Å². The zero-order valence-corrected chi connectivity index (χ0v) is 14.9. The Bertz CT molecular complexity index is 681. The Morgan fingerprint density at radius 1 is 1.48 bits per heavy atom. The molecule has 1 saturated heterocycles. The van der Waals surface area contributed by atoms with Crippen LogP contribution in [0.25, 0.3) is 0 Å². The first-order chi connectivity index (χ1) is 11.0. The molecule has 1 N–H and O–H groups in total. The van der Waals surface area contributed by atoms with Crippen LogP contribution in [0.3, 0.4) is 0 Å². The van der Waals surface area contributed by atoms with E-state index in [1.807, 2.05) is 6.07 Å². The molecule has 2 heterocycles. The number of nitrogens with zero attached hydrogens (tertiary/aromatic N) is 1. The molecule has 0 saturated carbocycles. The van der Waals surface area contributed by atoms with Crippen molar-refractivity contribution in [1.82, 2.24) is 0 Å². The molecule has 23 heavy (non-hydrogen) atoms. The number of ether oxygens (including phenoxy) is 1. The van der Waals surface area contributed by atoms with Crippen LogP contribution in [0.2, 0.25) is 0 Å². The summed E-state index contributed by atoms with van der Waals surface area (Å²) in [6, 6.07) is 5.27. The number of ketones is 1. The number of methoxy groups -OCH3 is 1. The molecule has 1 unspecified atom stereocenters. The van der Waals surface area contributed by atoms with Crippen LogP contribution in [0.15, 0.2) is 22.7 Å². The van der Waals surface area contributed by atoms with Crippen molar-refractivity contribution in [2.24, 2.45) is 0 Å². The first-order valence-electron chi connectivity index (χ1n) is 7.20. The van der Waals surface area contributed by atoms with E-state index in [4.69, 9.17) is 4.74 Å². The largest absolute Gasteiger partial charge is 0.468 e. The number of quaternary nitrogens is 1. The smallest absolute Gasteiger partial charge is 0.324 e. The monoisotopic (exact) mass is 399 g/mol. The van der Waals surface area contributed by atoms with Crippen molar-refractivity contribution in [1.29, 1.82) is 0 Å². The lowest BCUT2D eigenvalue weighted by Gasteiger charge is -2.30. The summed E-state index contributed by atoms with van der Waals surface area (Å²) in [5.74, 6) is -0.395. The first-order valence-corrected chi connectivity index (χ1v) is 9.04. The Morgan fingerprint density at radius 2 is 2.26 bits per heavy atom. The summed E-state index contributed by atoms with van der Waals surface area (Å²) in [6.07, 6.45) is 0. The number of halogens is 1. The second-order valence-corrected chi connectivity index (χ2v) is 7.69. The standard InChI is InChI=1S/C15H15BrN2O4S/c1-22-15(21)12-7-17(4-5-23-12)8-18-11-3-2-9(16)6-10(11)13(19)14(18)20/h2-3,6,12H,4-5,7-8H2,1H3/p+1/t12-/m1/s1. The number of nitrogens with one attached hydrogen (secondary N) is 1. The van der Waals surface area contributed by atoms with Crippen LogP contribution in [0, 0.1) is 0 Å². The van der Waals surface area contributed by atoms with Gasteiger partial charge < -0.3 is 9.64 Å². The molecule has 3 rings (SSSR count). The third-order valence-electron chi connectivity index (χ3n) is 4.03. The minimum atomic E-state index is -0.501. The molecule has 2 aliphatic rings. The molecule has 0 bridgehead atoms. The van der Waals surface area contributed by atoms with Gasteiger partial charge in [0, 0.05) is 10.2 Å². The van der Waals surface area contributed by atoms with Gasteiger partial charge in [-0.2, -0.15) is 0 Å². The molecule has 0 aromatic heterocycles. The van der Waals surface area contributed by atoms with Gasteiger partial charge in [-0.3, -0.25) is 19.3 Å². The lowest BCUT2D eigenvalue weighted by molar-refractivity contribution is -0.896. The second-order valence-electron chi connectivity index (χ2n) is 5.47.